The first-order valence-corrected chi connectivity index (χ1v) is 7.69. The summed E-state index contributed by atoms with van der Waals surface area (Å²) in [6, 6.07) is 4.33. The van der Waals surface area contributed by atoms with Gasteiger partial charge in [-0.15, -0.1) is 0 Å². The molecule has 0 aliphatic heterocycles. The van der Waals surface area contributed by atoms with Crippen LogP contribution in [0.25, 0.3) is 0 Å². The molecule has 20 heavy (non-hydrogen) atoms. The lowest BCUT2D eigenvalue weighted by Gasteiger charge is -2.27. The summed E-state index contributed by atoms with van der Waals surface area (Å²) in [7, 11) is 3.44. The minimum Gasteiger partial charge on any atom is -0.496 e. The predicted octanol–water partition coefficient (Wildman–Crippen LogP) is 5.26. The van der Waals surface area contributed by atoms with E-state index in [0.717, 1.165) is 17.1 Å². The highest BCUT2D eigenvalue weighted by atomic mass is 16.5. The smallest absolute Gasteiger partial charge is 0.125 e. The van der Waals surface area contributed by atoms with E-state index in [-0.39, 0.29) is 5.41 Å². The lowest BCUT2D eigenvalue weighted by atomic mass is 9.79. The van der Waals surface area contributed by atoms with Gasteiger partial charge in [-0.05, 0) is 36.5 Å². The van der Waals surface area contributed by atoms with Crippen LogP contribution >= 0.6 is 0 Å². The normalized spacial score (nSPS) is 11.5. The molecule has 0 unspecified atom stereocenters. The summed E-state index contributed by atoms with van der Waals surface area (Å²) >= 11 is 0. The lowest BCUT2D eigenvalue weighted by molar-refractivity contribution is 0.381. The fraction of sp³-hybridized carbons (Fsp3) is 0.667. The van der Waals surface area contributed by atoms with Gasteiger partial charge in [-0.1, -0.05) is 46.5 Å². The minimum absolute atomic E-state index is 0.155. The zero-order valence-corrected chi connectivity index (χ0v) is 14.0. The summed E-state index contributed by atoms with van der Waals surface area (Å²) in [4.78, 5) is 0. The molecule has 0 radical (unpaired) electrons. The summed E-state index contributed by atoms with van der Waals surface area (Å²) < 4.78 is 11.0. The number of benzene rings is 1. The average molecular weight is 278 g/mol. The van der Waals surface area contributed by atoms with Crippen molar-refractivity contribution < 1.29 is 9.47 Å². The number of ether oxygens (including phenoxy) is 2. The number of hydrogen-bond acceptors (Lipinski definition) is 2. The second-order valence-electron chi connectivity index (χ2n) is 6.20. The van der Waals surface area contributed by atoms with Crippen LogP contribution in [0, 0.1) is 6.92 Å². The first-order chi connectivity index (χ1) is 9.46. The third-order valence-corrected chi connectivity index (χ3v) is 4.19. The molecule has 0 spiro atoms. The van der Waals surface area contributed by atoms with Crippen molar-refractivity contribution in [3.05, 3.63) is 23.3 Å². The molecule has 1 aromatic carbocycles. The topological polar surface area (TPSA) is 18.5 Å². The van der Waals surface area contributed by atoms with Gasteiger partial charge in [0.1, 0.15) is 11.5 Å². The van der Waals surface area contributed by atoms with E-state index in [1.165, 1.54) is 37.7 Å². The Balaban J connectivity index is 2.93. The Morgan fingerprint density at radius 3 is 1.95 bits per heavy atom. The predicted molar refractivity (Wildman–Crippen MR) is 86.1 cm³/mol. The Hall–Kier alpha value is -1.18. The van der Waals surface area contributed by atoms with E-state index in [0.29, 0.717) is 0 Å². The Morgan fingerprint density at radius 1 is 0.950 bits per heavy atom. The fourth-order valence-corrected chi connectivity index (χ4v) is 2.61. The van der Waals surface area contributed by atoms with Gasteiger partial charge in [0.2, 0.25) is 0 Å². The van der Waals surface area contributed by atoms with Crippen molar-refractivity contribution in [2.45, 2.75) is 65.2 Å². The minimum atomic E-state index is 0.155. The Kier molecular flexibility index (Phi) is 6.38. The highest BCUT2D eigenvalue weighted by Crippen LogP contribution is 2.37. The summed E-state index contributed by atoms with van der Waals surface area (Å²) in [5.74, 6) is 1.84. The van der Waals surface area contributed by atoms with Crippen molar-refractivity contribution in [1.82, 2.24) is 0 Å². The zero-order valence-electron chi connectivity index (χ0n) is 14.0. The maximum absolute atomic E-state index is 5.49. The van der Waals surface area contributed by atoms with Crippen LogP contribution in [0.2, 0.25) is 0 Å². The molecule has 0 atom stereocenters. The summed E-state index contributed by atoms with van der Waals surface area (Å²) in [5.41, 5.74) is 2.52. The summed E-state index contributed by atoms with van der Waals surface area (Å²) in [6.45, 7) is 8.90. The molecule has 0 N–H and O–H groups in total. The second kappa shape index (κ2) is 7.56. The zero-order chi connectivity index (χ0) is 15.2. The molecule has 0 amide bonds. The number of hydrogen-bond donors (Lipinski definition) is 0. The number of unbranched alkanes of at least 4 members (excludes halogenated alkanes) is 3. The van der Waals surface area contributed by atoms with Crippen LogP contribution in [-0.2, 0) is 5.41 Å². The van der Waals surface area contributed by atoms with Gasteiger partial charge in [-0.2, -0.15) is 0 Å². The van der Waals surface area contributed by atoms with Gasteiger partial charge in [-0.25, -0.2) is 0 Å². The third kappa shape index (κ3) is 4.16. The molecule has 0 fully saturated rings. The SMILES string of the molecule is CCCCCCC(C)(C)c1cc(OC)c(C)c(OC)c1. The van der Waals surface area contributed by atoms with Crippen LogP contribution in [0.15, 0.2) is 12.1 Å². The molecule has 0 bridgehead atoms. The summed E-state index contributed by atoms with van der Waals surface area (Å²) in [6.07, 6.45) is 6.41. The van der Waals surface area contributed by atoms with Gasteiger partial charge >= 0.3 is 0 Å². The molecular weight excluding hydrogens is 248 g/mol. The van der Waals surface area contributed by atoms with Crippen molar-refractivity contribution in [2.75, 3.05) is 14.2 Å². The van der Waals surface area contributed by atoms with Crippen molar-refractivity contribution in [2.24, 2.45) is 0 Å². The third-order valence-electron chi connectivity index (χ3n) is 4.19. The molecule has 2 heteroatoms. The second-order valence-corrected chi connectivity index (χ2v) is 6.20. The van der Waals surface area contributed by atoms with Crippen molar-refractivity contribution in [3.8, 4) is 11.5 Å². The van der Waals surface area contributed by atoms with Crippen molar-refractivity contribution >= 4 is 0 Å². The van der Waals surface area contributed by atoms with Gasteiger partial charge in [0.05, 0.1) is 14.2 Å². The molecular formula is C18H30O2. The van der Waals surface area contributed by atoms with E-state index in [4.69, 9.17) is 9.47 Å². The first-order valence-electron chi connectivity index (χ1n) is 7.69. The molecule has 2 nitrogen and oxygen atoms in total. The molecule has 0 aliphatic carbocycles. The maximum Gasteiger partial charge on any atom is 0.125 e. The van der Waals surface area contributed by atoms with Crippen molar-refractivity contribution in [1.29, 1.82) is 0 Å². The van der Waals surface area contributed by atoms with Crippen LogP contribution in [0.1, 0.15) is 64.0 Å². The largest absolute Gasteiger partial charge is 0.496 e. The van der Waals surface area contributed by atoms with Crippen LogP contribution in [0.5, 0.6) is 11.5 Å². The molecule has 1 rings (SSSR count). The van der Waals surface area contributed by atoms with E-state index in [1.54, 1.807) is 14.2 Å². The van der Waals surface area contributed by atoms with E-state index in [9.17, 15) is 0 Å². The summed E-state index contributed by atoms with van der Waals surface area (Å²) in [5, 5.41) is 0. The van der Waals surface area contributed by atoms with E-state index < -0.39 is 0 Å². The highest BCUT2D eigenvalue weighted by Gasteiger charge is 2.23. The van der Waals surface area contributed by atoms with Gasteiger partial charge in [0, 0.05) is 5.56 Å². The quantitative estimate of drug-likeness (QED) is 0.604. The molecule has 0 aromatic heterocycles. The standard InChI is InChI=1S/C18H30O2/c1-7-8-9-10-11-18(3,4)15-12-16(19-5)14(2)17(13-15)20-6/h12-13H,7-11H2,1-6H3. The van der Waals surface area contributed by atoms with E-state index >= 15 is 0 Å². The molecule has 0 heterocycles. The van der Waals surface area contributed by atoms with Crippen LogP contribution in [0.3, 0.4) is 0 Å². The molecule has 0 aliphatic rings. The molecule has 114 valence electrons. The van der Waals surface area contributed by atoms with Gasteiger partial charge in [0.25, 0.3) is 0 Å². The van der Waals surface area contributed by atoms with E-state index in [2.05, 4.69) is 32.9 Å². The number of methoxy groups -OCH3 is 2. The van der Waals surface area contributed by atoms with Crippen LogP contribution in [0.4, 0.5) is 0 Å². The van der Waals surface area contributed by atoms with Gasteiger partial charge in [-0.3, -0.25) is 0 Å². The van der Waals surface area contributed by atoms with Gasteiger partial charge in [0.15, 0.2) is 0 Å². The highest BCUT2D eigenvalue weighted by molar-refractivity contribution is 5.49. The monoisotopic (exact) mass is 278 g/mol. The van der Waals surface area contributed by atoms with Crippen LogP contribution < -0.4 is 9.47 Å². The number of rotatable bonds is 8. The Morgan fingerprint density at radius 2 is 1.50 bits per heavy atom. The Labute approximate surface area is 124 Å². The lowest BCUT2D eigenvalue weighted by Crippen LogP contribution is -2.17. The Bertz CT molecular complexity index is 396. The molecule has 1 aromatic rings. The molecule has 0 saturated heterocycles. The first kappa shape index (κ1) is 16.9. The molecule has 0 saturated carbocycles. The maximum atomic E-state index is 5.49. The fourth-order valence-electron chi connectivity index (χ4n) is 2.61. The van der Waals surface area contributed by atoms with E-state index in [1.807, 2.05) is 6.92 Å². The van der Waals surface area contributed by atoms with Gasteiger partial charge < -0.3 is 9.47 Å². The average Bonchev–Trinajstić information content (AvgIpc) is 2.43. The van der Waals surface area contributed by atoms with Crippen LogP contribution in [-0.4, -0.2) is 14.2 Å². The van der Waals surface area contributed by atoms with Crippen molar-refractivity contribution in [3.63, 3.8) is 0 Å².